The molecule has 2 heterocycles. The highest BCUT2D eigenvalue weighted by Crippen LogP contribution is 2.30. The molecule has 0 atom stereocenters. The van der Waals surface area contributed by atoms with E-state index in [1.165, 1.54) is 10.9 Å². The Morgan fingerprint density at radius 2 is 1.90 bits per heavy atom. The zero-order valence-electron chi connectivity index (χ0n) is 11.0. The Morgan fingerprint density at radius 1 is 1.14 bits per heavy atom. The van der Waals surface area contributed by atoms with Crippen LogP contribution in [0.3, 0.4) is 0 Å². The van der Waals surface area contributed by atoms with Gasteiger partial charge >= 0.3 is 6.18 Å². The number of alkyl halides is 3. The fraction of sp³-hybridized carbons (Fsp3) is 0.143. The Kier molecular flexibility index (Phi) is 2.86. The fourth-order valence-electron chi connectivity index (χ4n) is 2.16. The van der Waals surface area contributed by atoms with Crippen LogP contribution in [0.15, 0.2) is 36.7 Å². The zero-order valence-corrected chi connectivity index (χ0v) is 11.0. The largest absolute Gasteiger partial charge is 0.435 e. The van der Waals surface area contributed by atoms with Gasteiger partial charge in [-0.15, -0.1) is 0 Å². The Balaban J connectivity index is 2.23. The lowest BCUT2D eigenvalue weighted by Gasteiger charge is -2.09. The number of rotatable bonds is 1. The first-order valence-electron chi connectivity index (χ1n) is 6.14. The maximum atomic E-state index is 12.7. The van der Waals surface area contributed by atoms with Gasteiger partial charge in [-0.25, -0.2) is 4.68 Å². The molecule has 0 spiro atoms. The van der Waals surface area contributed by atoms with Gasteiger partial charge in [0, 0.05) is 34.5 Å². The van der Waals surface area contributed by atoms with Gasteiger partial charge in [-0.05, 0) is 31.2 Å². The number of nitrogens with zero attached hydrogens (tertiary/aromatic N) is 3. The maximum absolute atomic E-state index is 12.7. The van der Waals surface area contributed by atoms with E-state index in [1.54, 1.807) is 31.3 Å². The van der Waals surface area contributed by atoms with E-state index in [4.69, 9.17) is 5.73 Å². The third-order valence-electron chi connectivity index (χ3n) is 3.17. The van der Waals surface area contributed by atoms with Crippen LogP contribution in [0.2, 0.25) is 0 Å². The van der Waals surface area contributed by atoms with E-state index in [0.29, 0.717) is 22.1 Å². The van der Waals surface area contributed by atoms with Crippen LogP contribution in [0, 0.1) is 6.92 Å². The number of pyridine rings is 1. The van der Waals surface area contributed by atoms with Crippen LogP contribution in [0.25, 0.3) is 16.5 Å². The van der Waals surface area contributed by atoms with Gasteiger partial charge in [0.2, 0.25) is 0 Å². The number of hydrogen-bond donors (Lipinski definition) is 1. The molecule has 0 saturated heterocycles. The number of fused-ring (bicyclic) bond motifs is 1. The number of aryl methyl sites for hydroxylation is 1. The lowest BCUT2D eigenvalue weighted by Crippen LogP contribution is -2.07. The predicted octanol–water partition coefficient (Wildman–Crippen LogP) is 3.33. The summed E-state index contributed by atoms with van der Waals surface area (Å²) in [5.41, 5.74) is 6.74. The fourth-order valence-corrected chi connectivity index (χ4v) is 2.16. The van der Waals surface area contributed by atoms with Crippen LogP contribution in [0.5, 0.6) is 0 Å². The molecule has 3 aromatic rings. The number of aromatic nitrogens is 3. The third-order valence-corrected chi connectivity index (χ3v) is 3.17. The average Bonchev–Trinajstić information content (AvgIpc) is 2.88. The van der Waals surface area contributed by atoms with E-state index in [1.807, 2.05) is 0 Å². The molecule has 21 heavy (non-hydrogen) atoms. The summed E-state index contributed by atoms with van der Waals surface area (Å²) < 4.78 is 39.2. The highest BCUT2D eigenvalue weighted by Gasteiger charge is 2.33. The van der Waals surface area contributed by atoms with Crippen molar-refractivity contribution in [2.24, 2.45) is 0 Å². The molecular weight excluding hydrogens is 281 g/mol. The topological polar surface area (TPSA) is 56.7 Å². The summed E-state index contributed by atoms with van der Waals surface area (Å²) >= 11 is 0. The van der Waals surface area contributed by atoms with Crippen molar-refractivity contribution in [3.63, 3.8) is 0 Å². The summed E-state index contributed by atoms with van der Waals surface area (Å²) in [4.78, 5) is 4.16. The van der Waals surface area contributed by atoms with Gasteiger partial charge < -0.3 is 5.73 Å². The van der Waals surface area contributed by atoms with E-state index in [0.717, 1.165) is 11.8 Å². The molecule has 0 unspecified atom stereocenters. The molecule has 0 bridgehead atoms. The quantitative estimate of drug-likeness (QED) is 0.700. The van der Waals surface area contributed by atoms with E-state index in [2.05, 4.69) is 10.1 Å². The first kappa shape index (κ1) is 13.4. The van der Waals surface area contributed by atoms with Gasteiger partial charge in [0.25, 0.3) is 0 Å². The van der Waals surface area contributed by atoms with Crippen molar-refractivity contribution < 1.29 is 13.2 Å². The Hall–Kier alpha value is -2.57. The van der Waals surface area contributed by atoms with Crippen molar-refractivity contribution in [2.75, 3.05) is 5.73 Å². The zero-order chi connectivity index (χ0) is 15.2. The third kappa shape index (κ3) is 2.31. The lowest BCUT2D eigenvalue weighted by molar-refractivity contribution is -0.141. The molecular formula is C14H11F3N4. The molecule has 0 fully saturated rings. The predicted molar refractivity (Wildman–Crippen MR) is 73.0 cm³/mol. The van der Waals surface area contributed by atoms with Crippen LogP contribution in [-0.4, -0.2) is 14.8 Å². The minimum absolute atomic E-state index is 0.518. The van der Waals surface area contributed by atoms with E-state index in [-0.39, 0.29) is 0 Å². The van der Waals surface area contributed by atoms with Crippen LogP contribution >= 0.6 is 0 Å². The van der Waals surface area contributed by atoms with Crippen molar-refractivity contribution in [3.8, 4) is 5.69 Å². The van der Waals surface area contributed by atoms with Crippen molar-refractivity contribution in [2.45, 2.75) is 13.1 Å². The first-order chi connectivity index (χ1) is 9.86. The van der Waals surface area contributed by atoms with Gasteiger partial charge in [0.05, 0.1) is 5.69 Å². The summed E-state index contributed by atoms with van der Waals surface area (Å²) in [6, 6.07) is 5.99. The molecule has 0 aliphatic carbocycles. The second kappa shape index (κ2) is 4.47. The molecule has 3 rings (SSSR count). The highest BCUT2D eigenvalue weighted by molar-refractivity contribution is 5.97. The standard InChI is InChI=1S/C14H11F3N4/c1-8-6-9-10(7-19-8)11(18)2-3-12(9)21-5-4-13(20-21)14(15,16)17/h2-7H,18H2,1H3. The van der Waals surface area contributed by atoms with Crippen molar-refractivity contribution in [3.05, 3.63) is 48.0 Å². The summed E-state index contributed by atoms with van der Waals surface area (Å²) in [6.07, 6.45) is -1.58. The number of halogens is 3. The average molecular weight is 292 g/mol. The molecule has 0 radical (unpaired) electrons. The molecule has 2 N–H and O–H groups in total. The van der Waals surface area contributed by atoms with Crippen molar-refractivity contribution >= 4 is 16.5 Å². The minimum Gasteiger partial charge on any atom is -0.398 e. The number of anilines is 1. The van der Waals surface area contributed by atoms with Crippen molar-refractivity contribution in [1.82, 2.24) is 14.8 Å². The lowest BCUT2D eigenvalue weighted by atomic mass is 10.1. The summed E-state index contributed by atoms with van der Waals surface area (Å²) in [6.45, 7) is 1.80. The van der Waals surface area contributed by atoms with Gasteiger partial charge in [0.1, 0.15) is 0 Å². The van der Waals surface area contributed by atoms with Gasteiger partial charge in [-0.3, -0.25) is 4.98 Å². The molecule has 0 aliphatic rings. The van der Waals surface area contributed by atoms with Crippen LogP contribution in [-0.2, 0) is 6.18 Å². The number of nitrogen functional groups attached to an aromatic ring is 1. The van der Waals surface area contributed by atoms with E-state index in [9.17, 15) is 13.2 Å². The summed E-state index contributed by atoms with van der Waals surface area (Å²) in [7, 11) is 0. The molecule has 2 aromatic heterocycles. The number of nitrogens with two attached hydrogens (primary N) is 1. The molecule has 0 amide bonds. The van der Waals surface area contributed by atoms with E-state index < -0.39 is 11.9 Å². The van der Waals surface area contributed by atoms with Crippen LogP contribution < -0.4 is 5.73 Å². The Labute approximate surface area is 118 Å². The highest BCUT2D eigenvalue weighted by atomic mass is 19.4. The Morgan fingerprint density at radius 3 is 2.57 bits per heavy atom. The normalized spacial score (nSPS) is 12.0. The molecule has 0 aliphatic heterocycles. The first-order valence-corrected chi connectivity index (χ1v) is 6.14. The minimum atomic E-state index is -4.47. The smallest absolute Gasteiger partial charge is 0.398 e. The number of hydrogen-bond acceptors (Lipinski definition) is 3. The van der Waals surface area contributed by atoms with Gasteiger partial charge in [-0.2, -0.15) is 18.3 Å². The van der Waals surface area contributed by atoms with Gasteiger partial charge in [-0.1, -0.05) is 0 Å². The molecule has 0 saturated carbocycles. The number of benzene rings is 1. The van der Waals surface area contributed by atoms with Crippen LogP contribution in [0.4, 0.5) is 18.9 Å². The second-order valence-corrected chi connectivity index (χ2v) is 4.69. The van der Waals surface area contributed by atoms with Crippen LogP contribution in [0.1, 0.15) is 11.4 Å². The second-order valence-electron chi connectivity index (χ2n) is 4.69. The summed E-state index contributed by atoms with van der Waals surface area (Å²) in [5.74, 6) is 0. The van der Waals surface area contributed by atoms with Gasteiger partial charge in [0.15, 0.2) is 5.69 Å². The molecule has 7 heteroatoms. The SMILES string of the molecule is Cc1cc2c(-n3ccc(C(F)(F)F)n3)ccc(N)c2cn1. The molecule has 4 nitrogen and oxygen atoms in total. The maximum Gasteiger partial charge on any atom is 0.435 e. The van der Waals surface area contributed by atoms with Crippen molar-refractivity contribution in [1.29, 1.82) is 0 Å². The molecule has 108 valence electrons. The van der Waals surface area contributed by atoms with E-state index >= 15 is 0 Å². The molecule has 1 aromatic carbocycles. The Bertz CT molecular complexity index is 821. The summed E-state index contributed by atoms with van der Waals surface area (Å²) in [5, 5.41) is 4.98. The monoisotopic (exact) mass is 292 g/mol.